The molecule has 0 spiro atoms. The van der Waals surface area contributed by atoms with Crippen LogP contribution in [-0.4, -0.2) is 69.2 Å². The normalized spacial score (nSPS) is 15.2. The molecule has 176 valence electrons. The maximum absolute atomic E-state index is 13.9. The van der Waals surface area contributed by atoms with E-state index in [2.05, 4.69) is 20.1 Å². The number of hydrogen-bond donors (Lipinski definition) is 1. The Labute approximate surface area is 194 Å². The molecule has 1 aromatic heterocycles. The highest BCUT2D eigenvalue weighted by Crippen LogP contribution is 2.30. The molecule has 11 heteroatoms. The largest absolute Gasteiger partial charge is 0.355 e. The predicted molar refractivity (Wildman–Crippen MR) is 124 cm³/mol. The number of nitrogens with one attached hydrogen (secondary N) is 1. The highest BCUT2D eigenvalue weighted by molar-refractivity contribution is 7.91. The van der Waals surface area contributed by atoms with Gasteiger partial charge in [-0.15, -0.1) is 0 Å². The van der Waals surface area contributed by atoms with E-state index in [1.807, 2.05) is 6.07 Å². The molecule has 7 nitrogen and oxygen atoms in total. The second-order valence-corrected chi connectivity index (χ2v) is 10.9. The standard InChI is InChI=1S/C22H24F2N4O3S2/c23-16-4-6-17(7-5-16)33(30,31)15-8-20(29)25-9-10-27-11-13-28(14-12-27)22-26-21-18(24)2-1-3-19(21)32-22/h1-7H,8-15H2,(H,25,29). The number of rotatable bonds is 8. The number of halogens is 2. The third kappa shape index (κ3) is 5.84. The molecule has 2 heterocycles. The zero-order valence-corrected chi connectivity index (χ0v) is 19.5. The van der Waals surface area contributed by atoms with Crippen LogP contribution in [0.5, 0.6) is 0 Å². The van der Waals surface area contributed by atoms with Gasteiger partial charge in [0, 0.05) is 45.7 Å². The zero-order chi connectivity index (χ0) is 23.4. The number of piperazine rings is 1. The number of para-hydroxylation sites is 1. The van der Waals surface area contributed by atoms with E-state index in [1.54, 1.807) is 6.07 Å². The average molecular weight is 495 g/mol. The summed E-state index contributed by atoms with van der Waals surface area (Å²) in [6.45, 7) is 4.15. The molecule has 3 aromatic rings. The number of carbonyl (C=O) groups is 1. The van der Waals surface area contributed by atoms with Crippen molar-refractivity contribution in [2.24, 2.45) is 0 Å². The van der Waals surface area contributed by atoms with Gasteiger partial charge in [-0.05, 0) is 36.4 Å². The topological polar surface area (TPSA) is 82.6 Å². The highest BCUT2D eigenvalue weighted by atomic mass is 32.2. The molecule has 1 amide bonds. The Hall–Kier alpha value is -2.63. The number of hydrogen-bond acceptors (Lipinski definition) is 7. The minimum Gasteiger partial charge on any atom is -0.355 e. The van der Waals surface area contributed by atoms with Crippen molar-refractivity contribution in [2.75, 3.05) is 49.9 Å². The molecule has 1 fully saturated rings. The number of thiazole rings is 1. The maximum Gasteiger partial charge on any atom is 0.221 e. The fourth-order valence-corrected chi connectivity index (χ4v) is 5.90. The second-order valence-electron chi connectivity index (χ2n) is 7.78. The molecule has 1 aliphatic rings. The van der Waals surface area contributed by atoms with Gasteiger partial charge in [0.1, 0.15) is 17.2 Å². The highest BCUT2D eigenvalue weighted by Gasteiger charge is 2.21. The number of carbonyl (C=O) groups excluding carboxylic acids is 1. The molecule has 0 atom stereocenters. The van der Waals surface area contributed by atoms with Gasteiger partial charge < -0.3 is 10.2 Å². The Bertz CT molecular complexity index is 1220. The Kier molecular flexibility index (Phi) is 7.20. The summed E-state index contributed by atoms with van der Waals surface area (Å²) in [6.07, 6.45) is -0.151. The summed E-state index contributed by atoms with van der Waals surface area (Å²) in [6, 6.07) is 9.54. The Balaban J connectivity index is 1.18. The van der Waals surface area contributed by atoms with Crippen molar-refractivity contribution in [2.45, 2.75) is 11.3 Å². The molecule has 0 radical (unpaired) electrons. The van der Waals surface area contributed by atoms with Gasteiger partial charge in [0.15, 0.2) is 15.0 Å². The van der Waals surface area contributed by atoms with Crippen molar-refractivity contribution in [3.8, 4) is 0 Å². The van der Waals surface area contributed by atoms with E-state index in [9.17, 15) is 22.0 Å². The summed E-state index contributed by atoms with van der Waals surface area (Å²) >= 11 is 1.48. The summed E-state index contributed by atoms with van der Waals surface area (Å²) in [4.78, 5) is 20.9. The fourth-order valence-electron chi connectivity index (χ4n) is 3.63. The van der Waals surface area contributed by atoms with E-state index in [0.29, 0.717) is 18.6 Å². The molecule has 1 N–H and O–H groups in total. The molecule has 0 aliphatic carbocycles. The molecule has 0 unspecified atom stereocenters. The summed E-state index contributed by atoms with van der Waals surface area (Å²) < 4.78 is 52.2. The summed E-state index contributed by atoms with van der Waals surface area (Å²) in [5, 5.41) is 3.57. The van der Waals surface area contributed by atoms with Crippen LogP contribution in [0.15, 0.2) is 47.4 Å². The summed E-state index contributed by atoms with van der Waals surface area (Å²) in [7, 11) is -3.63. The van der Waals surface area contributed by atoms with Crippen molar-refractivity contribution >= 4 is 42.4 Å². The minimum absolute atomic E-state index is 0.00503. The first-order valence-corrected chi connectivity index (χ1v) is 13.1. The van der Waals surface area contributed by atoms with E-state index in [1.165, 1.54) is 29.5 Å². The number of anilines is 1. The van der Waals surface area contributed by atoms with Crippen LogP contribution in [0.1, 0.15) is 6.42 Å². The third-order valence-corrected chi connectivity index (χ3v) is 8.34. The van der Waals surface area contributed by atoms with E-state index in [-0.39, 0.29) is 28.8 Å². The molecule has 0 bridgehead atoms. The third-order valence-electron chi connectivity index (χ3n) is 5.52. The van der Waals surface area contributed by atoms with Gasteiger partial charge in [-0.3, -0.25) is 9.69 Å². The maximum atomic E-state index is 13.9. The van der Waals surface area contributed by atoms with Crippen LogP contribution < -0.4 is 10.2 Å². The van der Waals surface area contributed by atoms with Gasteiger partial charge in [-0.1, -0.05) is 17.4 Å². The van der Waals surface area contributed by atoms with E-state index < -0.39 is 15.7 Å². The molecule has 33 heavy (non-hydrogen) atoms. The Morgan fingerprint density at radius 3 is 2.48 bits per heavy atom. The van der Waals surface area contributed by atoms with Crippen molar-refractivity contribution in [3.63, 3.8) is 0 Å². The minimum atomic E-state index is -3.63. The van der Waals surface area contributed by atoms with Crippen LogP contribution in [0, 0.1) is 11.6 Å². The molecular formula is C22H24F2N4O3S2. The molecular weight excluding hydrogens is 470 g/mol. The lowest BCUT2D eigenvalue weighted by molar-refractivity contribution is -0.120. The van der Waals surface area contributed by atoms with Gasteiger partial charge in [0.05, 0.1) is 15.3 Å². The van der Waals surface area contributed by atoms with Crippen LogP contribution in [0.25, 0.3) is 10.2 Å². The van der Waals surface area contributed by atoms with Crippen molar-refractivity contribution in [1.29, 1.82) is 0 Å². The number of amides is 1. The lowest BCUT2D eigenvalue weighted by atomic mass is 10.3. The van der Waals surface area contributed by atoms with Crippen LogP contribution >= 0.6 is 11.3 Å². The SMILES string of the molecule is O=C(CCS(=O)(=O)c1ccc(F)cc1)NCCN1CCN(c2nc3c(F)cccc3s2)CC1. The quantitative estimate of drug-likeness (QED) is 0.485. The van der Waals surface area contributed by atoms with Crippen molar-refractivity contribution < 1.29 is 22.0 Å². The first-order chi connectivity index (χ1) is 15.8. The molecule has 1 aliphatic heterocycles. The monoisotopic (exact) mass is 494 g/mol. The zero-order valence-electron chi connectivity index (χ0n) is 17.8. The van der Waals surface area contributed by atoms with Crippen LogP contribution in [0.3, 0.4) is 0 Å². The van der Waals surface area contributed by atoms with E-state index in [0.717, 1.165) is 48.1 Å². The molecule has 1 saturated heterocycles. The Morgan fingerprint density at radius 1 is 1.06 bits per heavy atom. The number of nitrogens with zero attached hydrogens (tertiary/aromatic N) is 3. The van der Waals surface area contributed by atoms with Crippen molar-refractivity contribution in [3.05, 3.63) is 54.1 Å². The lowest BCUT2D eigenvalue weighted by Gasteiger charge is -2.34. The van der Waals surface area contributed by atoms with Gasteiger partial charge in [-0.25, -0.2) is 22.2 Å². The van der Waals surface area contributed by atoms with Gasteiger partial charge in [0.25, 0.3) is 0 Å². The molecule has 2 aromatic carbocycles. The number of sulfone groups is 1. The average Bonchev–Trinajstić information content (AvgIpc) is 3.24. The smallest absolute Gasteiger partial charge is 0.221 e. The van der Waals surface area contributed by atoms with E-state index in [4.69, 9.17) is 0 Å². The first kappa shape index (κ1) is 23.5. The van der Waals surface area contributed by atoms with Crippen LogP contribution in [0.4, 0.5) is 13.9 Å². The number of aromatic nitrogens is 1. The van der Waals surface area contributed by atoms with Gasteiger partial charge >= 0.3 is 0 Å². The van der Waals surface area contributed by atoms with Gasteiger partial charge in [-0.2, -0.15) is 0 Å². The predicted octanol–water partition coefficient (Wildman–Crippen LogP) is 2.68. The second kappa shape index (κ2) is 10.1. The number of fused-ring (bicyclic) bond motifs is 1. The summed E-state index contributed by atoms with van der Waals surface area (Å²) in [5.74, 6) is -1.49. The summed E-state index contributed by atoms with van der Waals surface area (Å²) in [5.41, 5.74) is 0.407. The van der Waals surface area contributed by atoms with Crippen molar-refractivity contribution in [1.82, 2.24) is 15.2 Å². The van der Waals surface area contributed by atoms with Crippen LogP contribution in [0.2, 0.25) is 0 Å². The number of benzene rings is 2. The van der Waals surface area contributed by atoms with E-state index >= 15 is 0 Å². The van der Waals surface area contributed by atoms with Gasteiger partial charge in [0.2, 0.25) is 5.91 Å². The first-order valence-electron chi connectivity index (χ1n) is 10.6. The van der Waals surface area contributed by atoms with Crippen LogP contribution in [-0.2, 0) is 14.6 Å². The lowest BCUT2D eigenvalue weighted by Crippen LogP contribution is -2.48. The molecule has 0 saturated carbocycles. The molecule has 4 rings (SSSR count). The fraction of sp³-hybridized carbons (Fsp3) is 0.364. The Morgan fingerprint density at radius 2 is 1.79 bits per heavy atom.